The predicted octanol–water partition coefficient (Wildman–Crippen LogP) is -0.160. The lowest BCUT2D eigenvalue weighted by Gasteiger charge is -2.52. The highest BCUT2D eigenvalue weighted by atomic mass is 16.6. The molecule has 6 heteroatoms. The minimum absolute atomic E-state index is 0.0573. The second kappa shape index (κ2) is 3.08. The molecule has 0 aromatic carbocycles. The Balaban J connectivity index is 1.54. The molecule has 2 bridgehead atoms. The van der Waals surface area contributed by atoms with Gasteiger partial charge in [-0.25, -0.2) is 0 Å². The Bertz CT molecular complexity index is 564. The summed E-state index contributed by atoms with van der Waals surface area (Å²) in [4.78, 5) is 35.3. The summed E-state index contributed by atoms with van der Waals surface area (Å²) in [6.45, 7) is 0. The summed E-state index contributed by atoms with van der Waals surface area (Å²) < 4.78 is 9.72. The van der Waals surface area contributed by atoms with Crippen LogP contribution in [-0.2, 0) is 23.9 Å². The summed E-state index contributed by atoms with van der Waals surface area (Å²) in [5.41, 5.74) is -0.681. The fraction of sp³-hybridized carbons (Fsp3) is 0.786. The standard InChI is InChI=1S/C14H14O6/c15-6-3-14(13(18)19-6)2-4-1-5(14)8-7(4)9-10(8)12(17)20-11(9)16/h4-5,7-10,12,17H,1-3H2. The molecule has 0 amide bonds. The summed E-state index contributed by atoms with van der Waals surface area (Å²) in [7, 11) is 0. The molecule has 3 aliphatic carbocycles. The number of rotatable bonds is 0. The van der Waals surface area contributed by atoms with E-state index in [1.54, 1.807) is 0 Å². The van der Waals surface area contributed by atoms with Crippen LogP contribution in [-0.4, -0.2) is 29.3 Å². The van der Waals surface area contributed by atoms with Crippen LogP contribution in [0.1, 0.15) is 19.3 Å². The molecular weight excluding hydrogens is 264 g/mol. The van der Waals surface area contributed by atoms with E-state index in [-0.39, 0.29) is 47.9 Å². The van der Waals surface area contributed by atoms with E-state index in [1.807, 2.05) is 0 Å². The molecule has 5 aliphatic rings. The summed E-state index contributed by atoms with van der Waals surface area (Å²) >= 11 is 0. The number of carbonyl (C=O) groups is 3. The Morgan fingerprint density at radius 1 is 1.15 bits per heavy atom. The van der Waals surface area contributed by atoms with Gasteiger partial charge in [0.2, 0.25) is 6.29 Å². The maximum Gasteiger partial charge on any atom is 0.320 e. The van der Waals surface area contributed by atoms with Crippen LogP contribution in [0, 0.1) is 40.9 Å². The predicted molar refractivity (Wildman–Crippen MR) is 60.4 cm³/mol. The molecule has 5 fully saturated rings. The number of fused-ring (bicyclic) bond motifs is 9. The first-order chi connectivity index (χ1) is 9.53. The summed E-state index contributed by atoms with van der Waals surface area (Å²) in [6.07, 6.45) is 0.637. The van der Waals surface area contributed by atoms with Gasteiger partial charge in [0.1, 0.15) is 0 Å². The zero-order chi connectivity index (χ0) is 13.8. The molecule has 2 aliphatic heterocycles. The first-order valence-corrected chi connectivity index (χ1v) is 7.16. The fourth-order valence-corrected chi connectivity index (χ4v) is 6.03. The van der Waals surface area contributed by atoms with E-state index in [2.05, 4.69) is 0 Å². The van der Waals surface area contributed by atoms with Gasteiger partial charge in [-0.1, -0.05) is 0 Å². The molecule has 20 heavy (non-hydrogen) atoms. The quantitative estimate of drug-likeness (QED) is 0.489. The number of carbonyl (C=O) groups excluding carboxylic acids is 3. The molecule has 8 unspecified atom stereocenters. The van der Waals surface area contributed by atoms with Crippen molar-refractivity contribution in [1.29, 1.82) is 0 Å². The topological polar surface area (TPSA) is 89.9 Å². The molecule has 106 valence electrons. The molecule has 0 radical (unpaired) electrons. The molecule has 6 nitrogen and oxygen atoms in total. The van der Waals surface area contributed by atoms with Crippen molar-refractivity contribution >= 4 is 17.9 Å². The fourth-order valence-electron chi connectivity index (χ4n) is 6.03. The van der Waals surface area contributed by atoms with Crippen molar-refractivity contribution in [2.24, 2.45) is 40.9 Å². The average molecular weight is 278 g/mol. The maximum atomic E-state index is 12.1. The lowest BCUT2D eigenvalue weighted by Crippen LogP contribution is -2.57. The van der Waals surface area contributed by atoms with E-state index in [0.29, 0.717) is 6.42 Å². The normalized spacial score (nSPS) is 58.5. The third-order valence-corrected chi connectivity index (χ3v) is 6.53. The Morgan fingerprint density at radius 3 is 2.65 bits per heavy atom. The van der Waals surface area contributed by atoms with E-state index in [4.69, 9.17) is 9.47 Å². The second-order valence-electron chi connectivity index (χ2n) is 6.99. The number of aliphatic hydroxyl groups is 1. The first-order valence-electron chi connectivity index (χ1n) is 7.16. The minimum atomic E-state index is -1.04. The van der Waals surface area contributed by atoms with Gasteiger partial charge in [0.25, 0.3) is 0 Å². The van der Waals surface area contributed by atoms with Gasteiger partial charge in [-0.2, -0.15) is 0 Å². The zero-order valence-corrected chi connectivity index (χ0v) is 10.7. The van der Waals surface area contributed by atoms with Crippen LogP contribution in [0.4, 0.5) is 0 Å². The minimum Gasteiger partial charge on any atom is -0.435 e. The van der Waals surface area contributed by atoms with Gasteiger partial charge in [-0.3, -0.25) is 14.4 Å². The summed E-state index contributed by atoms with van der Waals surface area (Å²) in [5, 5.41) is 9.89. The van der Waals surface area contributed by atoms with E-state index in [1.165, 1.54) is 0 Å². The Morgan fingerprint density at radius 2 is 1.95 bits per heavy atom. The molecule has 1 spiro atoms. The smallest absolute Gasteiger partial charge is 0.320 e. The Labute approximate surface area is 114 Å². The number of cyclic esters (lactones) is 3. The lowest BCUT2D eigenvalue weighted by molar-refractivity contribution is -0.169. The highest BCUT2D eigenvalue weighted by Gasteiger charge is 2.77. The van der Waals surface area contributed by atoms with Gasteiger partial charge >= 0.3 is 17.9 Å². The molecule has 1 N–H and O–H groups in total. The van der Waals surface area contributed by atoms with E-state index >= 15 is 0 Å². The van der Waals surface area contributed by atoms with Crippen LogP contribution in [0.2, 0.25) is 0 Å². The van der Waals surface area contributed by atoms with Gasteiger partial charge in [-0.15, -0.1) is 0 Å². The van der Waals surface area contributed by atoms with Crippen molar-refractivity contribution in [3.05, 3.63) is 0 Å². The van der Waals surface area contributed by atoms with Crippen molar-refractivity contribution in [3.63, 3.8) is 0 Å². The van der Waals surface area contributed by atoms with Crippen molar-refractivity contribution in [3.8, 4) is 0 Å². The molecule has 8 atom stereocenters. The molecule has 5 rings (SSSR count). The summed E-state index contributed by atoms with van der Waals surface area (Å²) in [6, 6.07) is 0. The third kappa shape index (κ3) is 0.963. The SMILES string of the molecule is O=C1CC2(CC3CC2C2C3C3C(=O)OC(O)C32)C(=O)O1. The van der Waals surface area contributed by atoms with Gasteiger partial charge in [0.15, 0.2) is 0 Å². The second-order valence-corrected chi connectivity index (χ2v) is 6.99. The highest BCUT2D eigenvalue weighted by molar-refractivity contribution is 5.98. The van der Waals surface area contributed by atoms with Crippen LogP contribution >= 0.6 is 0 Å². The number of aliphatic hydroxyl groups excluding tert-OH is 1. The van der Waals surface area contributed by atoms with E-state index in [9.17, 15) is 19.5 Å². The molecular formula is C14H14O6. The van der Waals surface area contributed by atoms with Crippen LogP contribution in [0.25, 0.3) is 0 Å². The number of hydrogen-bond donors (Lipinski definition) is 1. The monoisotopic (exact) mass is 278 g/mol. The summed E-state index contributed by atoms with van der Waals surface area (Å²) in [5.74, 6) is -0.827. The van der Waals surface area contributed by atoms with Crippen LogP contribution in [0.15, 0.2) is 0 Å². The third-order valence-electron chi connectivity index (χ3n) is 6.53. The average Bonchev–Trinajstić information content (AvgIpc) is 2.94. The largest absolute Gasteiger partial charge is 0.435 e. The highest BCUT2D eigenvalue weighted by Crippen LogP contribution is 2.74. The van der Waals surface area contributed by atoms with Crippen molar-refractivity contribution in [2.45, 2.75) is 25.6 Å². The van der Waals surface area contributed by atoms with Crippen LogP contribution < -0.4 is 0 Å². The van der Waals surface area contributed by atoms with Gasteiger partial charge in [0.05, 0.1) is 17.8 Å². The molecule has 2 heterocycles. The van der Waals surface area contributed by atoms with Crippen molar-refractivity contribution in [1.82, 2.24) is 0 Å². The number of hydrogen-bond acceptors (Lipinski definition) is 6. The van der Waals surface area contributed by atoms with Gasteiger partial charge in [0, 0.05) is 5.92 Å². The maximum absolute atomic E-state index is 12.1. The van der Waals surface area contributed by atoms with E-state index in [0.717, 1.165) is 6.42 Å². The Kier molecular flexibility index (Phi) is 1.73. The molecule has 2 saturated heterocycles. The van der Waals surface area contributed by atoms with Crippen LogP contribution in [0.5, 0.6) is 0 Å². The Hall–Kier alpha value is -1.43. The zero-order valence-electron chi connectivity index (χ0n) is 10.7. The van der Waals surface area contributed by atoms with Gasteiger partial charge in [-0.05, 0) is 36.5 Å². The van der Waals surface area contributed by atoms with Crippen molar-refractivity contribution < 1.29 is 29.0 Å². The number of ether oxygens (including phenoxy) is 2. The lowest BCUT2D eigenvalue weighted by atomic mass is 9.48. The van der Waals surface area contributed by atoms with E-state index < -0.39 is 23.6 Å². The first kappa shape index (κ1) is 11.3. The molecule has 3 saturated carbocycles. The van der Waals surface area contributed by atoms with Gasteiger partial charge < -0.3 is 14.6 Å². The van der Waals surface area contributed by atoms with Crippen LogP contribution in [0.3, 0.4) is 0 Å². The molecule has 0 aromatic heterocycles. The van der Waals surface area contributed by atoms with Crippen molar-refractivity contribution in [2.75, 3.05) is 0 Å². The number of esters is 3. The molecule has 0 aromatic rings.